The van der Waals surface area contributed by atoms with E-state index in [9.17, 15) is 0 Å². The Kier molecular flexibility index (Phi) is 5.80. The summed E-state index contributed by atoms with van der Waals surface area (Å²) in [6.07, 6.45) is 0. The monoisotopic (exact) mass is 263 g/mol. The summed E-state index contributed by atoms with van der Waals surface area (Å²) in [5.41, 5.74) is 2.53. The van der Waals surface area contributed by atoms with Crippen molar-refractivity contribution in [2.75, 3.05) is 18.4 Å². The second-order valence-corrected chi connectivity index (χ2v) is 6.55. The average molecular weight is 263 g/mol. The topological polar surface area (TPSA) is 37.0 Å². The van der Waals surface area contributed by atoms with E-state index >= 15 is 0 Å². The van der Waals surface area contributed by atoms with Gasteiger partial charge in [0.25, 0.3) is 0 Å². The highest BCUT2D eigenvalue weighted by Crippen LogP contribution is 2.23. The summed E-state index contributed by atoms with van der Waals surface area (Å²) in [6.45, 7) is 16.0. The van der Waals surface area contributed by atoms with Crippen LogP contribution in [0.1, 0.15) is 52.8 Å². The fourth-order valence-corrected chi connectivity index (χ4v) is 1.85. The first-order valence-corrected chi connectivity index (χ1v) is 7.29. The lowest BCUT2D eigenvalue weighted by Crippen LogP contribution is -2.21. The molecule has 2 N–H and O–H groups in total. The Hall–Kier alpha value is -1.09. The Bertz CT molecular complexity index is 391. The van der Waals surface area contributed by atoms with Crippen LogP contribution in [0.25, 0.3) is 0 Å². The Morgan fingerprint density at radius 3 is 2.42 bits per heavy atom. The van der Waals surface area contributed by atoms with Gasteiger partial charge in [0.1, 0.15) is 5.82 Å². The predicted molar refractivity (Wildman–Crippen MR) is 83.6 cm³/mol. The number of nitrogens with zero attached hydrogens (tertiary/aromatic N) is 1. The van der Waals surface area contributed by atoms with Gasteiger partial charge in [-0.05, 0) is 37.1 Å². The molecule has 0 spiro atoms. The minimum atomic E-state index is 0.0816. The second kappa shape index (κ2) is 6.90. The molecule has 0 saturated heterocycles. The quantitative estimate of drug-likeness (QED) is 0.824. The van der Waals surface area contributed by atoms with Crippen molar-refractivity contribution < 1.29 is 0 Å². The van der Waals surface area contributed by atoms with Crippen LogP contribution < -0.4 is 10.6 Å². The van der Waals surface area contributed by atoms with Crippen LogP contribution in [0.2, 0.25) is 0 Å². The molecular weight excluding hydrogens is 234 g/mol. The molecule has 0 unspecified atom stereocenters. The Morgan fingerprint density at radius 2 is 1.89 bits per heavy atom. The molecule has 0 aliphatic heterocycles. The van der Waals surface area contributed by atoms with Crippen molar-refractivity contribution in [1.29, 1.82) is 0 Å². The summed E-state index contributed by atoms with van der Waals surface area (Å²) in [5.74, 6) is 1.66. The maximum atomic E-state index is 4.70. The lowest BCUT2D eigenvalue weighted by molar-refractivity contribution is 0.547. The Balaban J connectivity index is 2.87. The number of rotatable bonds is 6. The Labute approximate surface area is 118 Å². The van der Waals surface area contributed by atoms with Gasteiger partial charge in [0.05, 0.1) is 0 Å². The molecule has 0 aliphatic carbocycles. The molecule has 0 fully saturated rings. The van der Waals surface area contributed by atoms with Gasteiger partial charge in [0.2, 0.25) is 0 Å². The van der Waals surface area contributed by atoms with Gasteiger partial charge in [0.15, 0.2) is 0 Å². The molecule has 0 amide bonds. The van der Waals surface area contributed by atoms with Crippen LogP contribution in [0.5, 0.6) is 0 Å². The summed E-state index contributed by atoms with van der Waals surface area (Å²) in [6, 6.07) is 4.36. The first kappa shape index (κ1) is 16.0. The smallest absolute Gasteiger partial charge is 0.126 e. The number of hydrogen-bond acceptors (Lipinski definition) is 3. The maximum absolute atomic E-state index is 4.70. The van der Waals surface area contributed by atoms with E-state index in [1.807, 2.05) is 0 Å². The molecule has 108 valence electrons. The molecular formula is C16H29N3. The van der Waals surface area contributed by atoms with E-state index in [2.05, 4.69) is 64.3 Å². The van der Waals surface area contributed by atoms with Gasteiger partial charge in [-0.1, -0.05) is 34.6 Å². The van der Waals surface area contributed by atoms with Gasteiger partial charge in [-0.2, -0.15) is 0 Å². The van der Waals surface area contributed by atoms with Gasteiger partial charge in [-0.25, -0.2) is 4.98 Å². The fourth-order valence-electron chi connectivity index (χ4n) is 1.85. The molecule has 19 heavy (non-hydrogen) atoms. The normalized spacial score (nSPS) is 11.9. The molecule has 0 aliphatic rings. The largest absolute Gasteiger partial charge is 0.370 e. The van der Waals surface area contributed by atoms with Crippen molar-refractivity contribution in [2.24, 2.45) is 5.92 Å². The number of pyridine rings is 1. The van der Waals surface area contributed by atoms with Gasteiger partial charge in [-0.15, -0.1) is 0 Å². The van der Waals surface area contributed by atoms with Crippen LogP contribution in [-0.2, 0) is 12.0 Å². The fraction of sp³-hybridized carbons (Fsp3) is 0.688. The number of anilines is 1. The van der Waals surface area contributed by atoms with Crippen molar-refractivity contribution in [2.45, 2.75) is 53.5 Å². The summed E-state index contributed by atoms with van der Waals surface area (Å²) in [7, 11) is 0. The lowest BCUT2D eigenvalue weighted by atomic mass is 9.90. The summed E-state index contributed by atoms with van der Waals surface area (Å²) < 4.78 is 0. The van der Waals surface area contributed by atoms with Crippen LogP contribution in [0, 0.1) is 5.92 Å². The van der Waals surface area contributed by atoms with Crippen molar-refractivity contribution in [3.8, 4) is 0 Å². The van der Waals surface area contributed by atoms with Crippen LogP contribution in [-0.4, -0.2) is 18.1 Å². The van der Waals surface area contributed by atoms with Crippen LogP contribution >= 0.6 is 0 Å². The summed E-state index contributed by atoms with van der Waals surface area (Å²) in [4.78, 5) is 4.70. The third-order valence-electron chi connectivity index (χ3n) is 2.89. The second-order valence-electron chi connectivity index (χ2n) is 6.55. The lowest BCUT2D eigenvalue weighted by Gasteiger charge is -2.20. The minimum Gasteiger partial charge on any atom is -0.370 e. The molecule has 1 heterocycles. The number of nitrogens with one attached hydrogen (secondary N) is 2. The molecule has 0 saturated carbocycles. The predicted octanol–water partition coefficient (Wildman–Crippen LogP) is 3.56. The SMILES string of the molecule is CCNc1cc(CNCC(C)C)cc(C(C)(C)C)n1. The van der Waals surface area contributed by atoms with Crippen molar-refractivity contribution in [3.05, 3.63) is 23.4 Å². The van der Waals surface area contributed by atoms with Crippen molar-refractivity contribution in [1.82, 2.24) is 10.3 Å². The van der Waals surface area contributed by atoms with Crippen LogP contribution in [0.3, 0.4) is 0 Å². The maximum Gasteiger partial charge on any atom is 0.126 e. The van der Waals surface area contributed by atoms with E-state index in [-0.39, 0.29) is 5.41 Å². The van der Waals surface area contributed by atoms with Gasteiger partial charge >= 0.3 is 0 Å². The third kappa shape index (κ3) is 5.60. The van der Waals surface area contributed by atoms with Crippen molar-refractivity contribution >= 4 is 5.82 Å². The molecule has 1 aromatic heterocycles. The molecule has 0 bridgehead atoms. The van der Waals surface area contributed by atoms with E-state index in [1.54, 1.807) is 0 Å². The van der Waals surface area contributed by atoms with E-state index in [0.29, 0.717) is 5.92 Å². The standard InChI is InChI=1S/C16H29N3/c1-7-18-15-9-13(11-17-10-12(2)3)8-14(19-15)16(4,5)6/h8-9,12,17H,7,10-11H2,1-6H3,(H,18,19). The van der Waals surface area contributed by atoms with E-state index in [1.165, 1.54) is 5.56 Å². The zero-order valence-corrected chi connectivity index (χ0v) is 13.3. The Morgan fingerprint density at radius 1 is 1.21 bits per heavy atom. The van der Waals surface area contributed by atoms with Gasteiger partial charge in [0, 0.05) is 24.2 Å². The van der Waals surface area contributed by atoms with E-state index < -0.39 is 0 Å². The summed E-state index contributed by atoms with van der Waals surface area (Å²) >= 11 is 0. The van der Waals surface area contributed by atoms with Crippen molar-refractivity contribution in [3.63, 3.8) is 0 Å². The minimum absolute atomic E-state index is 0.0816. The zero-order chi connectivity index (χ0) is 14.5. The highest BCUT2D eigenvalue weighted by Gasteiger charge is 2.17. The zero-order valence-electron chi connectivity index (χ0n) is 13.3. The van der Waals surface area contributed by atoms with Crippen LogP contribution in [0.4, 0.5) is 5.82 Å². The van der Waals surface area contributed by atoms with Crippen LogP contribution in [0.15, 0.2) is 12.1 Å². The molecule has 0 atom stereocenters. The van der Waals surface area contributed by atoms with Gasteiger partial charge < -0.3 is 10.6 Å². The highest BCUT2D eigenvalue weighted by atomic mass is 15.0. The number of hydrogen-bond donors (Lipinski definition) is 2. The highest BCUT2D eigenvalue weighted by molar-refractivity contribution is 5.41. The van der Waals surface area contributed by atoms with E-state index in [4.69, 9.17) is 4.98 Å². The summed E-state index contributed by atoms with van der Waals surface area (Å²) in [5, 5.41) is 6.81. The molecule has 0 radical (unpaired) electrons. The molecule has 1 aromatic rings. The van der Waals surface area contributed by atoms with Gasteiger partial charge in [-0.3, -0.25) is 0 Å². The molecule has 0 aromatic carbocycles. The molecule has 3 nitrogen and oxygen atoms in total. The number of aromatic nitrogens is 1. The third-order valence-corrected chi connectivity index (χ3v) is 2.89. The first-order chi connectivity index (χ1) is 8.82. The first-order valence-electron chi connectivity index (χ1n) is 7.29. The molecule has 3 heteroatoms. The average Bonchev–Trinajstić information content (AvgIpc) is 2.27. The molecule has 1 rings (SSSR count). The van der Waals surface area contributed by atoms with E-state index in [0.717, 1.165) is 31.1 Å².